The zero-order valence-corrected chi connectivity index (χ0v) is 20.3. The van der Waals surface area contributed by atoms with Crippen molar-refractivity contribution in [2.75, 3.05) is 10.2 Å². The molecule has 8 heteroatoms. The summed E-state index contributed by atoms with van der Waals surface area (Å²) < 4.78 is 6.57. The maximum absolute atomic E-state index is 13.7. The molecule has 3 aromatic carbocycles. The minimum atomic E-state index is -1.09. The van der Waals surface area contributed by atoms with Crippen LogP contribution in [0.5, 0.6) is 5.75 Å². The fourth-order valence-electron chi connectivity index (χ4n) is 4.66. The molecule has 2 heterocycles. The Morgan fingerprint density at radius 2 is 1.82 bits per heavy atom. The lowest BCUT2D eigenvalue weighted by Gasteiger charge is -2.56. The van der Waals surface area contributed by atoms with Gasteiger partial charge in [-0.3, -0.25) is 9.69 Å². The first-order chi connectivity index (χ1) is 15.8. The van der Waals surface area contributed by atoms with Crippen LogP contribution in [0.15, 0.2) is 66.7 Å². The van der Waals surface area contributed by atoms with Crippen molar-refractivity contribution in [3.05, 3.63) is 87.9 Å². The van der Waals surface area contributed by atoms with Crippen molar-refractivity contribution in [1.82, 2.24) is 5.32 Å². The highest BCUT2D eigenvalue weighted by molar-refractivity contribution is 7.80. The molecule has 0 aliphatic carbocycles. The minimum absolute atomic E-state index is 0.205. The normalized spacial score (nSPS) is 23.3. The maximum atomic E-state index is 13.7. The maximum Gasteiger partial charge on any atom is 0.236 e. The fraction of sp³-hybridized carbons (Fsp3) is 0.200. The summed E-state index contributed by atoms with van der Waals surface area (Å²) in [5.41, 5.74) is 2.27. The molecule has 0 saturated carbocycles. The Morgan fingerprint density at radius 3 is 2.55 bits per heavy atom. The van der Waals surface area contributed by atoms with Gasteiger partial charge < -0.3 is 15.4 Å². The molecule has 0 spiro atoms. The summed E-state index contributed by atoms with van der Waals surface area (Å²) in [7, 11) is 0. The van der Waals surface area contributed by atoms with E-state index in [1.807, 2.05) is 55.1 Å². The molecule has 0 unspecified atom stereocenters. The van der Waals surface area contributed by atoms with Crippen LogP contribution in [0, 0.1) is 12.8 Å². The van der Waals surface area contributed by atoms with Crippen LogP contribution in [0.4, 0.5) is 11.4 Å². The third kappa shape index (κ3) is 3.82. The molecular formula is C25H21Cl2N3O2S. The lowest BCUT2D eigenvalue weighted by atomic mass is 9.78. The number of nitrogens with zero attached hydrogens (tertiary/aromatic N) is 1. The summed E-state index contributed by atoms with van der Waals surface area (Å²) >= 11 is 18.1. The largest absolute Gasteiger partial charge is 0.467 e. The third-order valence-corrected chi connectivity index (χ3v) is 6.90. The lowest BCUT2D eigenvalue weighted by Crippen LogP contribution is -2.72. The van der Waals surface area contributed by atoms with Crippen LogP contribution in [0.25, 0.3) is 0 Å². The number of rotatable bonds is 3. The van der Waals surface area contributed by atoms with Gasteiger partial charge in [0.15, 0.2) is 10.8 Å². The van der Waals surface area contributed by atoms with Gasteiger partial charge in [0.05, 0.1) is 6.04 Å². The van der Waals surface area contributed by atoms with Crippen molar-refractivity contribution >= 4 is 57.8 Å². The number of benzene rings is 3. The number of halogens is 2. The quantitative estimate of drug-likeness (QED) is 0.428. The number of fused-ring (bicyclic) bond motifs is 4. The first-order valence-electron chi connectivity index (χ1n) is 10.5. The highest BCUT2D eigenvalue weighted by Crippen LogP contribution is 2.50. The van der Waals surface area contributed by atoms with Gasteiger partial charge in [-0.25, -0.2) is 0 Å². The van der Waals surface area contributed by atoms with Crippen molar-refractivity contribution in [2.45, 2.75) is 25.6 Å². The average Bonchev–Trinajstić information content (AvgIpc) is 2.75. The molecule has 5 rings (SSSR count). The monoisotopic (exact) mass is 497 g/mol. The number of anilines is 2. The standard InChI is InChI=1S/C25H21Cl2N3O2S/c1-14-4-3-5-18(12-14)30-24(33)29-22-19-13-16(27)8-11-20(19)32-25(30,2)21(22)23(31)28-17-9-6-15(26)7-10-17/h3-13,21-22H,1-2H3,(H,28,31)(H,29,33)/t21-,22+,25-/m0/s1. The Bertz CT molecular complexity index is 1270. The van der Waals surface area contributed by atoms with Gasteiger partial charge in [0.25, 0.3) is 0 Å². The summed E-state index contributed by atoms with van der Waals surface area (Å²) in [4.78, 5) is 15.6. The molecule has 2 aliphatic heterocycles. The Morgan fingerprint density at radius 1 is 1.09 bits per heavy atom. The van der Waals surface area contributed by atoms with Gasteiger partial charge in [-0.15, -0.1) is 0 Å². The van der Waals surface area contributed by atoms with E-state index in [1.165, 1.54) is 0 Å². The molecule has 168 valence electrons. The summed E-state index contributed by atoms with van der Waals surface area (Å²) in [6.07, 6.45) is 0. The van der Waals surface area contributed by atoms with Crippen molar-refractivity contribution in [2.24, 2.45) is 5.92 Å². The summed E-state index contributed by atoms with van der Waals surface area (Å²) in [5.74, 6) is -0.190. The average molecular weight is 498 g/mol. The van der Waals surface area contributed by atoms with Crippen LogP contribution in [0.1, 0.15) is 24.1 Å². The molecule has 3 aromatic rings. The number of thiocarbonyl (C=S) groups is 1. The van der Waals surface area contributed by atoms with Gasteiger partial charge in [-0.05, 0) is 86.2 Å². The van der Waals surface area contributed by atoms with E-state index in [2.05, 4.69) is 10.6 Å². The van der Waals surface area contributed by atoms with Gasteiger partial charge in [-0.1, -0.05) is 35.3 Å². The van der Waals surface area contributed by atoms with Crippen LogP contribution in [0.2, 0.25) is 10.0 Å². The van der Waals surface area contributed by atoms with E-state index in [9.17, 15) is 4.79 Å². The second-order valence-electron chi connectivity index (χ2n) is 8.41. The van der Waals surface area contributed by atoms with Crippen molar-refractivity contribution in [3.63, 3.8) is 0 Å². The highest BCUT2D eigenvalue weighted by atomic mass is 35.5. The smallest absolute Gasteiger partial charge is 0.236 e. The van der Waals surface area contributed by atoms with E-state index in [0.29, 0.717) is 26.6 Å². The molecule has 33 heavy (non-hydrogen) atoms. The third-order valence-electron chi connectivity index (χ3n) is 6.11. The predicted molar refractivity (Wildman–Crippen MR) is 136 cm³/mol. The molecule has 2 N–H and O–H groups in total. The van der Waals surface area contributed by atoms with Crippen LogP contribution >= 0.6 is 35.4 Å². The van der Waals surface area contributed by atoms with E-state index < -0.39 is 17.7 Å². The van der Waals surface area contributed by atoms with Gasteiger partial charge >= 0.3 is 0 Å². The molecule has 0 radical (unpaired) electrons. The van der Waals surface area contributed by atoms with E-state index >= 15 is 0 Å². The first-order valence-corrected chi connectivity index (χ1v) is 11.6. The van der Waals surface area contributed by atoms with Crippen LogP contribution in [-0.4, -0.2) is 16.7 Å². The Hall–Kier alpha value is -2.80. The number of carbonyl (C=O) groups excluding carboxylic acids is 1. The highest BCUT2D eigenvalue weighted by Gasteiger charge is 2.59. The molecule has 3 atom stereocenters. The number of hydrogen-bond acceptors (Lipinski definition) is 3. The molecule has 0 aromatic heterocycles. The zero-order valence-electron chi connectivity index (χ0n) is 17.9. The summed E-state index contributed by atoms with van der Waals surface area (Å²) in [5, 5.41) is 8.04. The van der Waals surface area contributed by atoms with Crippen LogP contribution in [0.3, 0.4) is 0 Å². The van der Waals surface area contributed by atoms with Crippen LogP contribution < -0.4 is 20.3 Å². The zero-order chi connectivity index (χ0) is 23.3. The molecule has 1 saturated heterocycles. The van der Waals surface area contributed by atoms with E-state index in [-0.39, 0.29) is 5.91 Å². The Labute approximate surface area is 207 Å². The van der Waals surface area contributed by atoms with Gasteiger partial charge in [0.1, 0.15) is 11.7 Å². The molecule has 5 nitrogen and oxygen atoms in total. The summed E-state index contributed by atoms with van der Waals surface area (Å²) in [6, 6.07) is 20.0. The van der Waals surface area contributed by atoms with Gasteiger partial charge in [0, 0.05) is 27.0 Å². The van der Waals surface area contributed by atoms with Gasteiger partial charge in [-0.2, -0.15) is 0 Å². The minimum Gasteiger partial charge on any atom is -0.467 e. The van der Waals surface area contributed by atoms with Crippen molar-refractivity contribution in [1.29, 1.82) is 0 Å². The van der Waals surface area contributed by atoms with E-state index in [4.69, 9.17) is 40.2 Å². The second kappa shape index (κ2) is 8.20. The lowest BCUT2D eigenvalue weighted by molar-refractivity contribution is -0.130. The number of amides is 1. The Balaban J connectivity index is 1.63. The SMILES string of the molecule is Cc1cccc(N2C(=S)N[C@@H]3c4cc(Cl)ccc4O[C@@]2(C)[C@@H]3C(=O)Nc2ccc(Cl)cc2)c1. The van der Waals surface area contributed by atoms with E-state index in [1.54, 1.807) is 30.3 Å². The summed E-state index contributed by atoms with van der Waals surface area (Å²) in [6.45, 7) is 3.91. The van der Waals surface area contributed by atoms with Crippen molar-refractivity contribution < 1.29 is 9.53 Å². The van der Waals surface area contributed by atoms with E-state index in [0.717, 1.165) is 16.8 Å². The first kappa shape index (κ1) is 22.0. The topological polar surface area (TPSA) is 53.6 Å². The second-order valence-corrected chi connectivity index (χ2v) is 9.67. The van der Waals surface area contributed by atoms with Gasteiger partial charge in [0.2, 0.25) is 5.91 Å². The number of nitrogens with one attached hydrogen (secondary N) is 2. The molecule has 2 bridgehead atoms. The molecule has 1 amide bonds. The number of hydrogen-bond donors (Lipinski definition) is 2. The number of ether oxygens (including phenoxy) is 1. The van der Waals surface area contributed by atoms with Crippen LogP contribution in [-0.2, 0) is 4.79 Å². The molecule has 1 fully saturated rings. The number of carbonyl (C=O) groups is 1. The molecular weight excluding hydrogens is 477 g/mol. The fourth-order valence-corrected chi connectivity index (χ4v) is 5.38. The predicted octanol–water partition coefficient (Wildman–Crippen LogP) is 6.10. The molecule has 2 aliphatic rings. The number of aryl methyl sites for hydroxylation is 1. The van der Waals surface area contributed by atoms with Crippen molar-refractivity contribution in [3.8, 4) is 5.75 Å². The Kier molecular flexibility index (Phi) is 5.47.